The van der Waals surface area contributed by atoms with Crippen molar-refractivity contribution in [1.82, 2.24) is 24.5 Å². The van der Waals surface area contributed by atoms with E-state index in [-0.39, 0.29) is 0 Å². The highest BCUT2D eigenvalue weighted by Crippen LogP contribution is 2.33. The zero-order valence-electron chi connectivity index (χ0n) is 31.9. The molecule has 11 rings (SSSR count). The molecule has 0 N–H and O–H groups in total. The molecule has 11 aromatic rings. The molecule has 5 heteroatoms. The lowest BCUT2D eigenvalue weighted by atomic mass is 10.00. The molecular weight excluding hydrogens is 719 g/mol. The highest BCUT2D eigenvalue weighted by Gasteiger charge is 2.16. The van der Waals surface area contributed by atoms with Crippen molar-refractivity contribution in [3.05, 3.63) is 212 Å². The first-order chi connectivity index (χ1) is 29.2. The molecule has 0 aliphatic carbocycles. The van der Waals surface area contributed by atoms with Gasteiger partial charge < -0.3 is 0 Å². The molecule has 0 bridgehead atoms. The fourth-order valence-corrected chi connectivity index (χ4v) is 7.97. The first-order valence-corrected chi connectivity index (χ1v) is 19.8. The van der Waals surface area contributed by atoms with Crippen LogP contribution < -0.4 is 0 Å². The molecular formula is C54H35N5. The van der Waals surface area contributed by atoms with E-state index in [9.17, 15) is 0 Å². The normalized spacial score (nSPS) is 11.4. The Labute approximate surface area is 341 Å². The summed E-state index contributed by atoms with van der Waals surface area (Å²) in [6, 6.07) is 71.9. The van der Waals surface area contributed by atoms with Crippen LogP contribution in [-0.2, 0) is 0 Å². The Kier molecular flexibility index (Phi) is 8.41. The molecule has 0 unspecified atom stereocenters. The quantitative estimate of drug-likeness (QED) is 0.163. The number of fused-ring (bicyclic) bond motifs is 3. The standard InChI is InChI=1S/C54H35N5/c1-2-12-41(13-3-1)54-58-49-16-8-9-17-52(49)59(54)47-29-26-39(27-30-47)50-34-51(46-28-31-48(55-35-46)45-25-21-37-11-5-7-15-43(37)33-45)57-53(56-50)40-22-18-38(19-23-40)44-24-20-36-10-4-6-14-42(36)32-44/h1-35H. The predicted molar refractivity (Wildman–Crippen MR) is 242 cm³/mol. The van der Waals surface area contributed by atoms with Gasteiger partial charge in [0.25, 0.3) is 0 Å². The van der Waals surface area contributed by atoms with Gasteiger partial charge in [-0.2, -0.15) is 0 Å². The van der Waals surface area contributed by atoms with Gasteiger partial charge in [-0.05, 0) is 87.3 Å². The summed E-state index contributed by atoms with van der Waals surface area (Å²) >= 11 is 0. The Hall–Kier alpha value is -8.02. The number of imidazole rings is 1. The molecule has 0 aliphatic rings. The topological polar surface area (TPSA) is 56.5 Å². The average Bonchev–Trinajstić information content (AvgIpc) is 3.71. The van der Waals surface area contributed by atoms with Crippen LogP contribution in [0.1, 0.15) is 0 Å². The smallest absolute Gasteiger partial charge is 0.160 e. The Bertz CT molecular complexity index is 3160. The van der Waals surface area contributed by atoms with E-state index in [1.165, 1.54) is 27.1 Å². The number of rotatable bonds is 7. The van der Waals surface area contributed by atoms with Gasteiger partial charge in [0.15, 0.2) is 5.82 Å². The summed E-state index contributed by atoms with van der Waals surface area (Å²) in [6.45, 7) is 0. The van der Waals surface area contributed by atoms with E-state index in [1.54, 1.807) is 0 Å². The van der Waals surface area contributed by atoms with E-state index in [0.717, 1.165) is 73.0 Å². The van der Waals surface area contributed by atoms with Crippen molar-refractivity contribution in [2.75, 3.05) is 0 Å². The third-order valence-electron chi connectivity index (χ3n) is 11.1. The molecule has 8 aromatic carbocycles. The van der Waals surface area contributed by atoms with Crippen LogP contribution in [-0.4, -0.2) is 24.5 Å². The molecule has 0 saturated carbocycles. The van der Waals surface area contributed by atoms with E-state index < -0.39 is 0 Å². The van der Waals surface area contributed by atoms with Gasteiger partial charge >= 0.3 is 0 Å². The fourth-order valence-electron chi connectivity index (χ4n) is 7.97. The number of para-hydroxylation sites is 2. The number of hydrogen-bond donors (Lipinski definition) is 0. The Morgan fingerprint density at radius 2 is 0.881 bits per heavy atom. The van der Waals surface area contributed by atoms with Crippen molar-refractivity contribution in [3.8, 4) is 73.4 Å². The molecule has 3 aromatic heterocycles. The van der Waals surface area contributed by atoms with Crippen LogP contribution in [0.4, 0.5) is 0 Å². The molecule has 276 valence electrons. The van der Waals surface area contributed by atoms with Crippen LogP contribution in [0.2, 0.25) is 0 Å². The van der Waals surface area contributed by atoms with Crippen molar-refractivity contribution >= 4 is 32.6 Å². The zero-order chi connectivity index (χ0) is 39.1. The van der Waals surface area contributed by atoms with Gasteiger partial charge in [0.2, 0.25) is 0 Å². The van der Waals surface area contributed by atoms with Gasteiger partial charge in [-0.25, -0.2) is 15.0 Å². The maximum absolute atomic E-state index is 5.19. The van der Waals surface area contributed by atoms with E-state index in [2.05, 4.69) is 199 Å². The summed E-state index contributed by atoms with van der Waals surface area (Å²) in [5.41, 5.74) is 12.9. The van der Waals surface area contributed by atoms with E-state index in [1.807, 2.05) is 18.3 Å². The monoisotopic (exact) mass is 753 g/mol. The third kappa shape index (κ3) is 6.51. The first-order valence-electron chi connectivity index (χ1n) is 19.8. The van der Waals surface area contributed by atoms with Crippen molar-refractivity contribution in [1.29, 1.82) is 0 Å². The summed E-state index contributed by atoms with van der Waals surface area (Å²) in [4.78, 5) is 20.3. The van der Waals surface area contributed by atoms with Crippen LogP contribution in [0.15, 0.2) is 212 Å². The van der Waals surface area contributed by atoms with Crippen LogP contribution in [0.3, 0.4) is 0 Å². The van der Waals surface area contributed by atoms with Gasteiger partial charge in [0.05, 0.1) is 28.1 Å². The summed E-state index contributed by atoms with van der Waals surface area (Å²) in [6.07, 6.45) is 1.92. The second-order valence-electron chi connectivity index (χ2n) is 14.8. The Balaban J connectivity index is 0.987. The minimum atomic E-state index is 0.650. The highest BCUT2D eigenvalue weighted by atomic mass is 15.1. The van der Waals surface area contributed by atoms with Gasteiger partial charge in [-0.3, -0.25) is 9.55 Å². The molecule has 0 aliphatic heterocycles. The van der Waals surface area contributed by atoms with Gasteiger partial charge in [0, 0.05) is 39.7 Å². The lowest BCUT2D eigenvalue weighted by Crippen LogP contribution is -1.99. The van der Waals surface area contributed by atoms with Crippen molar-refractivity contribution in [2.24, 2.45) is 0 Å². The molecule has 0 fully saturated rings. The lowest BCUT2D eigenvalue weighted by Gasteiger charge is -2.12. The molecule has 5 nitrogen and oxygen atoms in total. The summed E-state index contributed by atoms with van der Waals surface area (Å²) in [7, 11) is 0. The molecule has 0 saturated heterocycles. The second kappa shape index (κ2) is 14.5. The van der Waals surface area contributed by atoms with Crippen LogP contribution in [0.5, 0.6) is 0 Å². The number of nitrogens with zero attached hydrogens (tertiary/aromatic N) is 5. The number of benzene rings is 8. The summed E-state index contributed by atoms with van der Waals surface area (Å²) in [5, 5.41) is 4.85. The molecule has 0 spiro atoms. The van der Waals surface area contributed by atoms with Gasteiger partial charge in [-0.1, -0.05) is 152 Å². The van der Waals surface area contributed by atoms with Crippen molar-refractivity contribution in [3.63, 3.8) is 0 Å². The summed E-state index contributed by atoms with van der Waals surface area (Å²) < 4.78 is 2.23. The third-order valence-corrected chi connectivity index (χ3v) is 11.1. The largest absolute Gasteiger partial charge is 0.292 e. The van der Waals surface area contributed by atoms with E-state index in [4.69, 9.17) is 19.9 Å². The molecule has 0 amide bonds. The minimum Gasteiger partial charge on any atom is -0.292 e. The lowest BCUT2D eigenvalue weighted by molar-refractivity contribution is 1.10. The highest BCUT2D eigenvalue weighted by molar-refractivity contribution is 5.89. The average molecular weight is 754 g/mol. The maximum atomic E-state index is 5.19. The Morgan fingerprint density at radius 1 is 0.322 bits per heavy atom. The summed E-state index contributed by atoms with van der Waals surface area (Å²) in [5.74, 6) is 1.55. The number of aromatic nitrogens is 5. The second-order valence-corrected chi connectivity index (χ2v) is 14.8. The van der Waals surface area contributed by atoms with Gasteiger partial charge in [-0.15, -0.1) is 0 Å². The SMILES string of the molecule is c1ccc(-c2nc3ccccc3n2-c2ccc(-c3cc(-c4ccc(-c5ccc6ccccc6c5)nc4)nc(-c4ccc(-c5ccc6ccccc6c5)cc4)n3)cc2)cc1. The predicted octanol–water partition coefficient (Wildman–Crippen LogP) is 13.5. The van der Waals surface area contributed by atoms with Crippen molar-refractivity contribution < 1.29 is 0 Å². The number of hydrogen-bond acceptors (Lipinski definition) is 4. The molecule has 3 heterocycles. The molecule has 59 heavy (non-hydrogen) atoms. The van der Waals surface area contributed by atoms with Crippen LogP contribution in [0.25, 0.3) is 106 Å². The number of pyridine rings is 1. The van der Waals surface area contributed by atoms with Crippen LogP contribution >= 0.6 is 0 Å². The molecule has 0 atom stereocenters. The fraction of sp³-hybridized carbons (Fsp3) is 0. The Morgan fingerprint density at radius 3 is 1.59 bits per heavy atom. The zero-order valence-corrected chi connectivity index (χ0v) is 31.9. The first kappa shape index (κ1) is 34.2. The maximum Gasteiger partial charge on any atom is 0.160 e. The van der Waals surface area contributed by atoms with Crippen LogP contribution in [0, 0.1) is 0 Å². The molecule has 0 radical (unpaired) electrons. The van der Waals surface area contributed by atoms with Gasteiger partial charge in [0.1, 0.15) is 5.82 Å². The minimum absolute atomic E-state index is 0.650. The van der Waals surface area contributed by atoms with E-state index >= 15 is 0 Å². The van der Waals surface area contributed by atoms with Crippen molar-refractivity contribution in [2.45, 2.75) is 0 Å². The van der Waals surface area contributed by atoms with E-state index in [0.29, 0.717) is 5.82 Å².